The number of hydrogen-bond acceptors (Lipinski definition) is 3. The van der Waals surface area contributed by atoms with Gasteiger partial charge in [-0.25, -0.2) is 5.01 Å². The SMILES string of the molecule is C=NN(/C=C\C)c1ccc(Cc2cc(C)ccc2C)s1. The zero-order valence-corrected chi connectivity index (χ0v) is 13.1. The second kappa shape index (κ2) is 6.53. The standard InChI is InChI=1S/C17H20N2S/c1-5-10-19(18-4)17-9-8-16(20-17)12-15-11-13(2)6-7-14(15)3/h5-11H,4,12H2,1-3H3/b10-5-. The Labute approximate surface area is 125 Å². The van der Waals surface area contributed by atoms with E-state index in [0.29, 0.717) is 0 Å². The highest BCUT2D eigenvalue weighted by Gasteiger charge is 2.07. The molecule has 1 aromatic heterocycles. The van der Waals surface area contributed by atoms with E-state index in [1.165, 1.54) is 21.6 Å². The molecule has 0 amide bonds. The van der Waals surface area contributed by atoms with Crippen LogP contribution in [0.5, 0.6) is 0 Å². The van der Waals surface area contributed by atoms with Crippen molar-refractivity contribution in [1.29, 1.82) is 0 Å². The summed E-state index contributed by atoms with van der Waals surface area (Å²) in [4.78, 5) is 1.34. The van der Waals surface area contributed by atoms with Crippen LogP contribution in [0.15, 0.2) is 47.7 Å². The van der Waals surface area contributed by atoms with Gasteiger partial charge in [0.05, 0.1) is 0 Å². The molecule has 0 unspecified atom stereocenters. The van der Waals surface area contributed by atoms with E-state index in [4.69, 9.17) is 0 Å². The predicted octanol–water partition coefficient (Wildman–Crippen LogP) is 4.91. The Bertz CT molecular complexity index is 626. The molecule has 1 aromatic carbocycles. The second-order valence-corrected chi connectivity index (χ2v) is 5.96. The third-order valence-corrected chi connectivity index (χ3v) is 4.26. The van der Waals surface area contributed by atoms with Gasteiger partial charge in [-0.2, -0.15) is 5.10 Å². The van der Waals surface area contributed by atoms with Gasteiger partial charge in [0.25, 0.3) is 0 Å². The fourth-order valence-electron chi connectivity index (χ4n) is 2.09. The van der Waals surface area contributed by atoms with E-state index in [9.17, 15) is 0 Å². The van der Waals surface area contributed by atoms with Crippen LogP contribution in [0.4, 0.5) is 5.00 Å². The van der Waals surface area contributed by atoms with Crippen LogP contribution in [-0.2, 0) is 6.42 Å². The number of anilines is 1. The molecule has 0 aliphatic carbocycles. The Balaban J connectivity index is 2.21. The molecule has 2 nitrogen and oxygen atoms in total. The third-order valence-electron chi connectivity index (χ3n) is 3.19. The number of benzene rings is 1. The maximum atomic E-state index is 4.01. The van der Waals surface area contributed by atoms with Crippen LogP contribution >= 0.6 is 11.3 Å². The van der Waals surface area contributed by atoms with Crippen molar-refractivity contribution in [2.24, 2.45) is 5.10 Å². The highest BCUT2D eigenvalue weighted by Crippen LogP contribution is 2.29. The van der Waals surface area contributed by atoms with Gasteiger partial charge in [0.2, 0.25) is 0 Å². The number of allylic oxidation sites excluding steroid dienone is 1. The van der Waals surface area contributed by atoms with Gasteiger partial charge in [-0.05, 0) is 44.0 Å². The van der Waals surface area contributed by atoms with Gasteiger partial charge >= 0.3 is 0 Å². The molecule has 0 aliphatic heterocycles. The van der Waals surface area contributed by atoms with Gasteiger partial charge in [0.15, 0.2) is 0 Å². The van der Waals surface area contributed by atoms with Gasteiger partial charge in [0, 0.05) is 24.2 Å². The van der Waals surface area contributed by atoms with E-state index >= 15 is 0 Å². The summed E-state index contributed by atoms with van der Waals surface area (Å²) in [7, 11) is 0. The average molecular weight is 284 g/mol. The van der Waals surface area contributed by atoms with Crippen LogP contribution in [0.2, 0.25) is 0 Å². The summed E-state index contributed by atoms with van der Waals surface area (Å²) in [5, 5.41) is 6.91. The molecule has 0 aliphatic rings. The lowest BCUT2D eigenvalue weighted by molar-refractivity contribution is 1.11. The zero-order chi connectivity index (χ0) is 14.5. The fourth-order valence-corrected chi connectivity index (χ4v) is 3.08. The summed E-state index contributed by atoms with van der Waals surface area (Å²) in [6.07, 6.45) is 4.85. The molecule has 0 spiro atoms. The van der Waals surface area contributed by atoms with Crippen molar-refractivity contribution in [3.8, 4) is 0 Å². The molecule has 1 heterocycles. The number of nitrogens with zero attached hydrogens (tertiary/aromatic N) is 2. The minimum atomic E-state index is 0.971. The van der Waals surface area contributed by atoms with Gasteiger partial charge in [-0.1, -0.05) is 29.8 Å². The van der Waals surface area contributed by atoms with Crippen LogP contribution in [0.25, 0.3) is 0 Å². The van der Waals surface area contributed by atoms with Gasteiger partial charge in [0.1, 0.15) is 5.00 Å². The quantitative estimate of drug-likeness (QED) is 0.562. The lowest BCUT2D eigenvalue weighted by Crippen LogP contribution is -2.03. The van der Waals surface area contributed by atoms with E-state index in [0.717, 1.165) is 11.4 Å². The van der Waals surface area contributed by atoms with Crippen molar-refractivity contribution in [2.45, 2.75) is 27.2 Å². The fraction of sp³-hybridized carbons (Fsp3) is 0.235. The normalized spacial score (nSPS) is 10.9. The zero-order valence-electron chi connectivity index (χ0n) is 12.3. The maximum absolute atomic E-state index is 4.01. The van der Waals surface area contributed by atoms with E-state index in [1.54, 1.807) is 16.3 Å². The van der Waals surface area contributed by atoms with Crippen molar-refractivity contribution < 1.29 is 0 Å². The number of thiophene rings is 1. The van der Waals surface area contributed by atoms with E-state index in [2.05, 4.69) is 56.0 Å². The molecule has 0 saturated carbocycles. The van der Waals surface area contributed by atoms with Crippen LogP contribution in [0.1, 0.15) is 28.5 Å². The van der Waals surface area contributed by atoms with Gasteiger partial charge in [-0.3, -0.25) is 0 Å². The number of hydrazone groups is 1. The van der Waals surface area contributed by atoms with Crippen molar-refractivity contribution in [2.75, 3.05) is 5.01 Å². The second-order valence-electron chi connectivity index (χ2n) is 4.82. The smallest absolute Gasteiger partial charge is 0.117 e. The highest BCUT2D eigenvalue weighted by molar-refractivity contribution is 7.16. The summed E-state index contributed by atoms with van der Waals surface area (Å²) in [5.74, 6) is 0. The molecule has 0 bridgehead atoms. The first-order valence-corrected chi connectivity index (χ1v) is 7.49. The number of aryl methyl sites for hydroxylation is 2. The first kappa shape index (κ1) is 14.5. The number of rotatable bonds is 5. The third kappa shape index (κ3) is 3.36. The Morgan fingerprint density at radius 1 is 1.25 bits per heavy atom. The highest BCUT2D eigenvalue weighted by atomic mass is 32.1. The molecule has 2 rings (SSSR count). The predicted molar refractivity (Wildman–Crippen MR) is 89.9 cm³/mol. The Kier molecular flexibility index (Phi) is 4.74. The topological polar surface area (TPSA) is 15.6 Å². The maximum Gasteiger partial charge on any atom is 0.117 e. The van der Waals surface area contributed by atoms with Crippen LogP contribution in [-0.4, -0.2) is 6.72 Å². The monoisotopic (exact) mass is 284 g/mol. The average Bonchev–Trinajstić information content (AvgIpc) is 2.88. The Morgan fingerprint density at radius 2 is 2.05 bits per heavy atom. The number of hydrogen-bond donors (Lipinski definition) is 0. The van der Waals surface area contributed by atoms with Gasteiger partial charge < -0.3 is 0 Å². The van der Waals surface area contributed by atoms with Crippen molar-refractivity contribution in [3.05, 3.63) is 64.2 Å². The molecule has 0 saturated heterocycles. The Morgan fingerprint density at radius 3 is 2.75 bits per heavy atom. The van der Waals surface area contributed by atoms with Gasteiger partial charge in [-0.15, -0.1) is 11.3 Å². The van der Waals surface area contributed by atoms with Crippen molar-refractivity contribution in [1.82, 2.24) is 0 Å². The first-order chi connectivity index (χ1) is 9.63. The van der Waals surface area contributed by atoms with Crippen LogP contribution < -0.4 is 5.01 Å². The van der Waals surface area contributed by atoms with Crippen LogP contribution in [0.3, 0.4) is 0 Å². The molecule has 20 heavy (non-hydrogen) atoms. The van der Waals surface area contributed by atoms with E-state index < -0.39 is 0 Å². The first-order valence-electron chi connectivity index (χ1n) is 6.67. The summed E-state index contributed by atoms with van der Waals surface area (Å²) >= 11 is 1.76. The van der Waals surface area contributed by atoms with Crippen molar-refractivity contribution >= 4 is 23.1 Å². The van der Waals surface area contributed by atoms with Crippen molar-refractivity contribution in [3.63, 3.8) is 0 Å². The van der Waals surface area contributed by atoms with Crippen LogP contribution in [0, 0.1) is 13.8 Å². The molecule has 0 radical (unpaired) electrons. The van der Waals surface area contributed by atoms with E-state index in [-0.39, 0.29) is 0 Å². The molecule has 0 atom stereocenters. The molecule has 0 fully saturated rings. The molecule has 104 valence electrons. The molecule has 0 N–H and O–H groups in total. The summed E-state index contributed by atoms with van der Waals surface area (Å²) < 4.78 is 0. The largest absolute Gasteiger partial charge is 0.232 e. The molecular formula is C17H20N2S. The lowest BCUT2D eigenvalue weighted by Gasteiger charge is -2.09. The lowest BCUT2D eigenvalue weighted by atomic mass is 10.0. The minimum absolute atomic E-state index is 0.971. The molecule has 3 heteroatoms. The summed E-state index contributed by atoms with van der Waals surface area (Å²) in [6.45, 7) is 9.89. The Hall–Kier alpha value is -1.87. The molecule has 2 aromatic rings. The van der Waals surface area contributed by atoms with E-state index in [1.807, 2.05) is 19.2 Å². The summed E-state index contributed by atoms with van der Waals surface area (Å²) in [6, 6.07) is 10.9. The minimum Gasteiger partial charge on any atom is -0.232 e. The summed E-state index contributed by atoms with van der Waals surface area (Å²) in [5.41, 5.74) is 4.05. The molecular weight excluding hydrogens is 264 g/mol.